The molecule has 1 aromatic rings. The Kier molecular flexibility index (Phi) is 5.31. The van der Waals surface area contributed by atoms with E-state index in [1.165, 1.54) is 0 Å². The van der Waals surface area contributed by atoms with Crippen molar-refractivity contribution >= 4 is 11.8 Å². The highest BCUT2D eigenvalue weighted by atomic mass is 19.4. The topological polar surface area (TPSA) is 66.4 Å². The van der Waals surface area contributed by atoms with Crippen molar-refractivity contribution in [1.82, 2.24) is 5.32 Å². The summed E-state index contributed by atoms with van der Waals surface area (Å²) >= 11 is 0. The van der Waals surface area contributed by atoms with Crippen LogP contribution in [0.3, 0.4) is 0 Å². The van der Waals surface area contributed by atoms with Gasteiger partial charge in [-0.3, -0.25) is 4.79 Å². The van der Waals surface area contributed by atoms with E-state index in [4.69, 9.17) is 5.11 Å². The minimum absolute atomic E-state index is 0.0840. The van der Waals surface area contributed by atoms with Gasteiger partial charge in [0.2, 0.25) is 0 Å². The molecule has 0 aliphatic carbocycles. The van der Waals surface area contributed by atoms with E-state index in [0.717, 1.165) is 0 Å². The molecular formula is C13H12F3NO3. The largest absolute Gasteiger partial charge is 0.480 e. The van der Waals surface area contributed by atoms with Gasteiger partial charge in [-0.2, -0.15) is 13.2 Å². The van der Waals surface area contributed by atoms with Gasteiger partial charge in [-0.15, -0.1) is 0 Å². The van der Waals surface area contributed by atoms with Crippen molar-refractivity contribution in [1.29, 1.82) is 0 Å². The normalized spacial score (nSPS) is 13.2. The van der Waals surface area contributed by atoms with Gasteiger partial charge < -0.3 is 10.4 Å². The molecule has 1 rings (SSSR count). The van der Waals surface area contributed by atoms with E-state index in [9.17, 15) is 22.8 Å². The maximum Gasteiger partial charge on any atom is 0.454 e. The first-order valence-corrected chi connectivity index (χ1v) is 5.61. The zero-order valence-electron chi connectivity index (χ0n) is 10.2. The Bertz CT molecular complexity index is 497. The molecule has 0 bridgehead atoms. The summed E-state index contributed by atoms with van der Waals surface area (Å²) in [5.41, 5.74) is 0.711. The third kappa shape index (κ3) is 5.13. The number of aliphatic carboxylic acids is 1. The Morgan fingerprint density at radius 3 is 2.35 bits per heavy atom. The average molecular weight is 287 g/mol. The van der Waals surface area contributed by atoms with Crippen molar-refractivity contribution in [2.45, 2.75) is 18.6 Å². The van der Waals surface area contributed by atoms with Gasteiger partial charge >= 0.3 is 12.1 Å². The lowest BCUT2D eigenvalue weighted by Gasteiger charge is -2.12. The summed E-state index contributed by atoms with van der Waals surface area (Å²) < 4.78 is 35.8. The third-order valence-corrected chi connectivity index (χ3v) is 2.39. The molecule has 0 amide bonds. The van der Waals surface area contributed by atoms with E-state index in [1.807, 2.05) is 0 Å². The number of rotatable bonds is 6. The molecule has 0 radical (unpaired) electrons. The Labute approximate surface area is 112 Å². The Balaban J connectivity index is 2.63. The highest BCUT2D eigenvalue weighted by molar-refractivity contribution is 5.94. The maximum atomic E-state index is 11.9. The van der Waals surface area contributed by atoms with Crippen LogP contribution in [-0.2, 0) is 16.0 Å². The summed E-state index contributed by atoms with van der Waals surface area (Å²) in [6.07, 6.45) is -3.91. The van der Waals surface area contributed by atoms with Gasteiger partial charge in [0.25, 0.3) is 5.78 Å². The molecule has 0 aliphatic rings. The van der Waals surface area contributed by atoms with E-state index in [0.29, 0.717) is 11.8 Å². The predicted octanol–water partition coefficient (Wildman–Crippen LogP) is 1.92. The third-order valence-electron chi connectivity index (χ3n) is 2.39. The quantitative estimate of drug-likeness (QED) is 0.784. The number of hydrogen-bond acceptors (Lipinski definition) is 3. The van der Waals surface area contributed by atoms with Gasteiger partial charge in [-0.1, -0.05) is 30.3 Å². The molecule has 108 valence electrons. The molecule has 0 unspecified atom stereocenters. The fraction of sp³-hybridized carbons (Fsp3) is 0.231. The molecule has 1 aromatic carbocycles. The maximum absolute atomic E-state index is 11.9. The van der Waals surface area contributed by atoms with Crippen LogP contribution in [0.2, 0.25) is 0 Å². The first-order chi connectivity index (χ1) is 9.30. The second kappa shape index (κ2) is 6.74. The van der Waals surface area contributed by atoms with Gasteiger partial charge in [0, 0.05) is 18.7 Å². The van der Waals surface area contributed by atoms with Gasteiger partial charge in [0.1, 0.15) is 6.04 Å². The molecule has 0 saturated carbocycles. The standard InChI is InChI=1S/C13H12F3NO3/c14-13(15,16)11(18)6-7-17-10(12(19)20)8-9-4-2-1-3-5-9/h1-7,10,17H,8H2,(H,19,20)/b7-6+/t10-/m0/s1. The van der Waals surface area contributed by atoms with Gasteiger partial charge in [0.05, 0.1) is 0 Å². The van der Waals surface area contributed by atoms with Crippen LogP contribution in [0.25, 0.3) is 0 Å². The summed E-state index contributed by atoms with van der Waals surface area (Å²) in [6.45, 7) is 0. The molecule has 4 nitrogen and oxygen atoms in total. The molecule has 1 atom stereocenters. The van der Waals surface area contributed by atoms with Crippen LogP contribution in [0.1, 0.15) is 5.56 Å². The Morgan fingerprint density at radius 1 is 1.25 bits per heavy atom. The number of nitrogens with one attached hydrogen (secondary N) is 1. The highest BCUT2D eigenvalue weighted by Gasteiger charge is 2.36. The first kappa shape index (κ1) is 15.7. The SMILES string of the molecule is O=C(O)[C@H](Cc1ccccc1)N/C=C/C(=O)C(F)(F)F. The van der Waals surface area contributed by atoms with Crippen molar-refractivity contribution in [2.75, 3.05) is 0 Å². The van der Waals surface area contributed by atoms with Crippen LogP contribution in [0.15, 0.2) is 42.6 Å². The molecule has 0 spiro atoms. The first-order valence-electron chi connectivity index (χ1n) is 5.61. The molecular weight excluding hydrogens is 275 g/mol. The molecule has 0 aromatic heterocycles. The predicted molar refractivity (Wildman–Crippen MR) is 64.9 cm³/mol. The number of carbonyl (C=O) groups is 2. The molecule has 7 heteroatoms. The van der Waals surface area contributed by atoms with Crippen LogP contribution in [0.4, 0.5) is 13.2 Å². The summed E-state index contributed by atoms with van der Waals surface area (Å²) in [6, 6.07) is 7.47. The zero-order chi connectivity index (χ0) is 15.2. The second-order valence-electron chi connectivity index (χ2n) is 3.94. The fourth-order valence-corrected chi connectivity index (χ4v) is 1.40. The van der Waals surface area contributed by atoms with E-state index >= 15 is 0 Å². The molecule has 2 N–H and O–H groups in total. The molecule has 0 fully saturated rings. The van der Waals surface area contributed by atoms with Crippen molar-refractivity contribution in [3.05, 3.63) is 48.2 Å². The van der Waals surface area contributed by atoms with E-state index in [2.05, 4.69) is 5.32 Å². The summed E-state index contributed by atoms with van der Waals surface area (Å²) in [4.78, 5) is 21.5. The van der Waals surface area contributed by atoms with Crippen molar-refractivity contribution in [2.24, 2.45) is 0 Å². The van der Waals surface area contributed by atoms with Crippen LogP contribution >= 0.6 is 0 Å². The van der Waals surface area contributed by atoms with Gasteiger partial charge in [0.15, 0.2) is 0 Å². The number of carboxylic acids is 1. The number of alkyl halides is 3. The average Bonchev–Trinajstić information content (AvgIpc) is 2.37. The number of allylic oxidation sites excluding steroid dienone is 1. The van der Waals surface area contributed by atoms with Crippen molar-refractivity contribution in [3.8, 4) is 0 Å². The summed E-state index contributed by atoms with van der Waals surface area (Å²) in [5, 5.41) is 11.2. The smallest absolute Gasteiger partial charge is 0.454 e. The monoisotopic (exact) mass is 287 g/mol. The highest BCUT2D eigenvalue weighted by Crippen LogP contribution is 2.16. The number of hydrogen-bond donors (Lipinski definition) is 2. The van der Waals surface area contributed by atoms with E-state index < -0.39 is 24.0 Å². The van der Waals surface area contributed by atoms with Gasteiger partial charge in [-0.05, 0) is 5.56 Å². The zero-order valence-corrected chi connectivity index (χ0v) is 10.2. The van der Waals surface area contributed by atoms with Crippen LogP contribution in [0.5, 0.6) is 0 Å². The van der Waals surface area contributed by atoms with Gasteiger partial charge in [-0.25, -0.2) is 4.79 Å². The molecule has 20 heavy (non-hydrogen) atoms. The summed E-state index contributed by atoms with van der Waals surface area (Å²) in [7, 11) is 0. The van der Waals surface area contributed by atoms with Crippen molar-refractivity contribution in [3.63, 3.8) is 0 Å². The van der Waals surface area contributed by atoms with E-state index in [-0.39, 0.29) is 12.5 Å². The molecule has 0 aliphatic heterocycles. The van der Waals surface area contributed by atoms with Crippen LogP contribution in [-0.4, -0.2) is 29.1 Å². The number of halogens is 3. The lowest BCUT2D eigenvalue weighted by molar-refractivity contribution is -0.165. The minimum atomic E-state index is -4.96. The molecule has 0 saturated heterocycles. The fourth-order valence-electron chi connectivity index (χ4n) is 1.40. The minimum Gasteiger partial charge on any atom is -0.480 e. The number of carboxylic acid groups (broad SMARTS) is 1. The number of ketones is 1. The van der Waals surface area contributed by atoms with E-state index in [1.54, 1.807) is 30.3 Å². The Morgan fingerprint density at radius 2 is 1.85 bits per heavy atom. The van der Waals surface area contributed by atoms with Crippen molar-refractivity contribution < 1.29 is 27.9 Å². The Hall–Kier alpha value is -2.31. The lowest BCUT2D eigenvalue weighted by Crippen LogP contribution is -2.35. The number of benzene rings is 1. The number of carbonyl (C=O) groups excluding carboxylic acids is 1. The molecule has 0 heterocycles. The lowest BCUT2D eigenvalue weighted by atomic mass is 10.1. The van der Waals surface area contributed by atoms with Crippen LogP contribution < -0.4 is 5.32 Å². The second-order valence-corrected chi connectivity index (χ2v) is 3.94. The summed E-state index contributed by atoms with van der Waals surface area (Å²) in [5.74, 6) is -3.27. The van der Waals surface area contributed by atoms with Crippen LogP contribution in [0, 0.1) is 0 Å².